The summed E-state index contributed by atoms with van der Waals surface area (Å²) in [6.07, 6.45) is 0. The first-order chi connectivity index (χ1) is 14.7. The molecule has 2 N–H and O–H groups in total. The Morgan fingerprint density at radius 1 is 1.16 bits per heavy atom. The van der Waals surface area contributed by atoms with Crippen LogP contribution in [0.2, 0.25) is 10.0 Å². The molecule has 0 atom stereocenters. The van der Waals surface area contributed by atoms with Crippen LogP contribution < -0.4 is 15.5 Å². The number of hydrogen-bond acceptors (Lipinski definition) is 7. The molecule has 0 aliphatic heterocycles. The SMILES string of the molecule is CCN(C(C)=O)c1nc(COC(=O)CNC(=O)CNC(=O)c2ccc(Cl)cc2Cl)cs1. The van der Waals surface area contributed by atoms with E-state index in [4.69, 9.17) is 27.9 Å². The van der Waals surface area contributed by atoms with Gasteiger partial charge >= 0.3 is 5.97 Å². The van der Waals surface area contributed by atoms with Gasteiger partial charge in [-0.25, -0.2) is 4.98 Å². The number of carbonyl (C=O) groups is 4. The molecule has 0 fully saturated rings. The second kappa shape index (κ2) is 11.6. The van der Waals surface area contributed by atoms with Crippen LogP contribution >= 0.6 is 34.5 Å². The van der Waals surface area contributed by atoms with Gasteiger partial charge in [-0.1, -0.05) is 23.2 Å². The monoisotopic (exact) mass is 486 g/mol. The van der Waals surface area contributed by atoms with E-state index in [1.54, 1.807) is 5.38 Å². The summed E-state index contributed by atoms with van der Waals surface area (Å²) in [4.78, 5) is 53.0. The Labute approximate surface area is 192 Å². The lowest BCUT2D eigenvalue weighted by Crippen LogP contribution is -2.39. The molecule has 0 aliphatic carbocycles. The summed E-state index contributed by atoms with van der Waals surface area (Å²) >= 11 is 13.0. The molecule has 12 heteroatoms. The Kier molecular flexibility index (Phi) is 9.22. The number of halogens is 2. The third-order valence-electron chi connectivity index (χ3n) is 3.86. The first-order valence-corrected chi connectivity index (χ1v) is 10.7. The van der Waals surface area contributed by atoms with Crippen molar-refractivity contribution in [1.29, 1.82) is 0 Å². The number of esters is 1. The van der Waals surface area contributed by atoms with Gasteiger partial charge in [0.25, 0.3) is 5.91 Å². The highest BCUT2D eigenvalue weighted by atomic mass is 35.5. The molecule has 0 aliphatic rings. The Morgan fingerprint density at radius 2 is 1.90 bits per heavy atom. The number of aromatic nitrogens is 1. The molecule has 0 unspecified atom stereocenters. The Bertz CT molecular complexity index is 982. The molecule has 1 aromatic heterocycles. The second-order valence-corrected chi connectivity index (χ2v) is 7.81. The number of thiazole rings is 1. The molecule has 31 heavy (non-hydrogen) atoms. The van der Waals surface area contributed by atoms with Crippen LogP contribution in [0.4, 0.5) is 5.13 Å². The van der Waals surface area contributed by atoms with E-state index >= 15 is 0 Å². The van der Waals surface area contributed by atoms with Gasteiger partial charge in [0.15, 0.2) is 5.13 Å². The fourth-order valence-electron chi connectivity index (χ4n) is 2.35. The van der Waals surface area contributed by atoms with E-state index in [-0.39, 0.29) is 36.2 Å². The Hall–Kier alpha value is -2.69. The van der Waals surface area contributed by atoms with Crippen molar-refractivity contribution in [1.82, 2.24) is 15.6 Å². The maximum Gasteiger partial charge on any atom is 0.325 e. The number of rotatable bonds is 9. The standard InChI is InChI=1S/C19H20Cl2N4O5S/c1-3-25(11(2)26)19-24-13(10-31-19)9-30-17(28)8-22-16(27)7-23-18(29)14-5-4-12(20)6-15(14)21/h4-6,10H,3,7-9H2,1-2H3,(H,22,27)(H,23,29). The van der Waals surface area contributed by atoms with Gasteiger partial charge in [-0.3, -0.25) is 24.1 Å². The number of hydrogen-bond donors (Lipinski definition) is 2. The summed E-state index contributed by atoms with van der Waals surface area (Å²) < 4.78 is 5.06. The lowest BCUT2D eigenvalue weighted by atomic mass is 10.2. The second-order valence-electron chi connectivity index (χ2n) is 6.13. The molecule has 166 valence electrons. The van der Waals surface area contributed by atoms with E-state index in [0.717, 1.165) is 0 Å². The van der Waals surface area contributed by atoms with Crippen molar-refractivity contribution in [2.75, 3.05) is 24.5 Å². The molecule has 2 rings (SSSR count). The highest BCUT2D eigenvalue weighted by molar-refractivity contribution is 7.14. The summed E-state index contributed by atoms with van der Waals surface area (Å²) in [5, 5.41) is 7.48. The molecular weight excluding hydrogens is 467 g/mol. The molecule has 1 heterocycles. The van der Waals surface area contributed by atoms with Crippen molar-refractivity contribution < 1.29 is 23.9 Å². The molecule has 9 nitrogen and oxygen atoms in total. The maximum atomic E-state index is 12.1. The molecule has 0 spiro atoms. The molecule has 3 amide bonds. The number of nitrogens with zero attached hydrogens (tertiary/aromatic N) is 2. The Balaban J connectivity index is 1.72. The normalized spacial score (nSPS) is 10.3. The Morgan fingerprint density at radius 3 is 2.55 bits per heavy atom. The van der Waals surface area contributed by atoms with Gasteiger partial charge in [0, 0.05) is 23.9 Å². The van der Waals surface area contributed by atoms with E-state index in [2.05, 4.69) is 15.6 Å². The number of nitrogens with one attached hydrogen (secondary N) is 2. The van der Waals surface area contributed by atoms with Gasteiger partial charge < -0.3 is 15.4 Å². The molecular formula is C19H20Cl2N4O5S. The lowest BCUT2D eigenvalue weighted by Gasteiger charge is -2.14. The van der Waals surface area contributed by atoms with Gasteiger partial charge in [-0.15, -0.1) is 11.3 Å². The first kappa shape index (κ1) is 24.6. The van der Waals surface area contributed by atoms with Gasteiger partial charge in [0.2, 0.25) is 11.8 Å². The zero-order valence-electron chi connectivity index (χ0n) is 16.7. The minimum atomic E-state index is -0.672. The van der Waals surface area contributed by atoms with E-state index < -0.39 is 17.8 Å². The maximum absolute atomic E-state index is 12.1. The third kappa shape index (κ3) is 7.50. The van der Waals surface area contributed by atoms with E-state index in [1.165, 1.54) is 41.4 Å². The van der Waals surface area contributed by atoms with Crippen LogP contribution in [0.1, 0.15) is 29.9 Å². The van der Waals surface area contributed by atoms with Crippen LogP contribution in [0.25, 0.3) is 0 Å². The van der Waals surface area contributed by atoms with Gasteiger partial charge in [-0.2, -0.15) is 0 Å². The number of carbonyl (C=O) groups excluding carboxylic acids is 4. The van der Waals surface area contributed by atoms with Crippen LogP contribution in [0.3, 0.4) is 0 Å². The first-order valence-electron chi connectivity index (χ1n) is 9.09. The van der Waals surface area contributed by atoms with Crippen molar-refractivity contribution in [2.45, 2.75) is 20.5 Å². The highest BCUT2D eigenvalue weighted by Crippen LogP contribution is 2.21. The fourth-order valence-corrected chi connectivity index (χ4v) is 3.76. The highest BCUT2D eigenvalue weighted by Gasteiger charge is 2.15. The molecule has 0 saturated heterocycles. The minimum absolute atomic E-state index is 0.0908. The molecule has 0 bridgehead atoms. The average Bonchev–Trinajstić information content (AvgIpc) is 3.17. The summed E-state index contributed by atoms with van der Waals surface area (Å²) in [6, 6.07) is 4.36. The molecule has 1 aromatic carbocycles. The summed E-state index contributed by atoms with van der Waals surface area (Å²) in [5.74, 6) is -1.93. The van der Waals surface area contributed by atoms with E-state index in [9.17, 15) is 19.2 Å². The number of amides is 3. The van der Waals surface area contributed by atoms with Crippen molar-refractivity contribution in [3.8, 4) is 0 Å². The lowest BCUT2D eigenvalue weighted by molar-refractivity contribution is -0.145. The zero-order chi connectivity index (χ0) is 23.0. The zero-order valence-corrected chi connectivity index (χ0v) is 19.1. The third-order valence-corrected chi connectivity index (χ3v) is 5.32. The van der Waals surface area contributed by atoms with E-state index in [1.807, 2.05) is 6.92 Å². The topological polar surface area (TPSA) is 118 Å². The number of benzene rings is 1. The molecule has 0 radical (unpaired) electrons. The van der Waals surface area contributed by atoms with Crippen molar-refractivity contribution >= 4 is 63.4 Å². The van der Waals surface area contributed by atoms with Gasteiger partial charge in [0.1, 0.15) is 13.2 Å². The van der Waals surface area contributed by atoms with Crippen molar-refractivity contribution in [3.63, 3.8) is 0 Å². The fraction of sp³-hybridized carbons (Fsp3) is 0.316. The van der Waals surface area contributed by atoms with Gasteiger partial charge in [-0.05, 0) is 25.1 Å². The van der Waals surface area contributed by atoms with Crippen LogP contribution in [0.5, 0.6) is 0 Å². The largest absolute Gasteiger partial charge is 0.458 e. The molecule has 0 saturated carbocycles. The van der Waals surface area contributed by atoms with Crippen LogP contribution in [-0.2, 0) is 25.7 Å². The van der Waals surface area contributed by atoms with Gasteiger partial charge in [0.05, 0.1) is 22.8 Å². The number of anilines is 1. The minimum Gasteiger partial charge on any atom is -0.458 e. The molecule has 2 aromatic rings. The summed E-state index contributed by atoms with van der Waals surface area (Å²) in [6.45, 7) is 2.94. The van der Waals surface area contributed by atoms with Crippen molar-refractivity contribution in [2.24, 2.45) is 0 Å². The van der Waals surface area contributed by atoms with Crippen LogP contribution in [0.15, 0.2) is 23.6 Å². The number of ether oxygens (including phenoxy) is 1. The average molecular weight is 487 g/mol. The summed E-state index contributed by atoms with van der Waals surface area (Å²) in [5.41, 5.74) is 0.666. The predicted octanol–water partition coefficient (Wildman–Crippen LogP) is 2.41. The predicted molar refractivity (Wildman–Crippen MR) is 117 cm³/mol. The van der Waals surface area contributed by atoms with Crippen molar-refractivity contribution in [3.05, 3.63) is 44.9 Å². The van der Waals surface area contributed by atoms with Crippen LogP contribution in [-0.4, -0.2) is 48.3 Å². The van der Waals surface area contributed by atoms with Crippen LogP contribution in [0, 0.1) is 0 Å². The van der Waals surface area contributed by atoms with E-state index in [0.29, 0.717) is 22.4 Å². The smallest absolute Gasteiger partial charge is 0.325 e. The summed E-state index contributed by atoms with van der Waals surface area (Å²) in [7, 11) is 0. The quantitative estimate of drug-likeness (QED) is 0.525.